The standard InChI is InChI=1S/C16H19N5O3S3/c1-8-4-5-11(9(2)6-8)18-14(24)19-13(23)10(3)26-16-21-20-15(27-16)25-7-12(17)22/h4-6,10H,7H2,1-3H3,(H2,17,22)(H2,18,19,23,24). The van der Waals surface area contributed by atoms with Gasteiger partial charge < -0.3 is 11.1 Å². The molecule has 0 bridgehead atoms. The number of carbonyl (C=O) groups is 3. The maximum absolute atomic E-state index is 12.2. The number of imide groups is 1. The van der Waals surface area contributed by atoms with Crippen LogP contribution in [0.15, 0.2) is 26.9 Å². The lowest BCUT2D eigenvalue weighted by molar-refractivity contribution is -0.119. The van der Waals surface area contributed by atoms with Crippen molar-refractivity contribution < 1.29 is 14.4 Å². The highest BCUT2D eigenvalue weighted by Gasteiger charge is 2.20. The number of nitrogens with zero attached hydrogens (tertiary/aromatic N) is 2. The third kappa shape index (κ3) is 6.85. The molecule has 0 spiro atoms. The van der Waals surface area contributed by atoms with Gasteiger partial charge >= 0.3 is 6.03 Å². The van der Waals surface area contributed by atoms with Crippen LogP contribution in [0.4, 0.5) is 10.5 Å². The molecule has 1 unspecified atom stereocenters. The highest BCUT2D eigenvalue weighted by Crippen LogP contribution is 2.31. The number of urea groups is 1. The van der Waals surface area contributed by atoms with Gasteiger partial charge in [-0.05, 0) is 32.4 Å². The van der Waals surface area contributed by atoms with Crippen molar-refractivity contribution in [2.24, 2.45) is 5.73 Å². The summed E-state index contributed by atoms with van der Waals surface area (Å²) in [7, 11) is 0. The van der Waals surface area contributed by atoms with Crippen molar-refractivity contribution in [1.82, 2.24) is 15.5 Å². The maximum Gasteiger partial charge on any atom is 0.325 e. The molecule has 0 fully saturated rings. The minimum absolute atomic E-state index is 0.119. The average molecular weight is 426 g/mol. The lowest BCUT2D eigenvalue weighted by Crippen LogP contribution is -2.39. The molecule has 1 heterocycles. The molecule has 1 atom stereocenters. The van der Waals surface area contributed by atoms with Crippen molar-refractivity contribution in [3.8, 4) is 0 Å². The molecule has 0 aliphatic rings. The molecule has 144 valence electrons. The SMILES string of the molecule is Cc1ccc(NC(=O)NC(=O)C(C)Sc2nnc(SCC(N)=O)s2)c(C)c1. The normalized spacial score (nSPS) is 11.7. The smallest absolute Gasteiger partial charge is 0.325 e. The zero-order valence-corrected chi connectivity index (χ0v) is 17.4. The van der Waals surface area contributed by atoms with Crippen molar-refractivity contribution in [2.75, 3.05) is 11.1 Å². The van der Waals surface area contributed by atoms with Gasteiger partial charge in [0, 0.05) is 5.69 Å². The van der Waals surface area contributed by atoms with Crippen molar-refractivity contribution in [1.29, 1.82) is 0 Å². The quantitative estimate of drug-likeness (QED) is 0.582. The predicted octanol–water partition coefficient (Wildman–Crippen LogP) is 2.56. The van der Waals surface area contributed by atoms with E-state index in [-0.39, 0.29) is 5.75 Å². The van der Waals surface area contributed by atoms with Gasteiger partial charge in [-0.15, -0.1) is 10.2 Å². The van der Waals surface area contributed by atoms with E-state index >= 15 is 0 Å². The maximum atomic E-state index is 12.2. The summed E-state index contributed by atoms with van der Waals surface area (Å²) in [5.41, 5.74) is 7.73. The molecular formula is C16H19N5O3S3. The molecule has 4 N–H and O–H groups in total. The minimum Gasteiger partial charge on any atom is -0.369 e. The molecule has 8 nitrogen and oxygen atoms in total. The van der Waals surface area contributed by atoms with Crippen LogP contribution in [0, 0.1) is 13.8 Å². The summed E-state index contributed by atoms with van der Waals surface area (Å²) in [6, 6.07) is 5.03. The van der Waals surface area contributed by atoms with E-state index in [1.54, 1.807) is 13.0 Å². The number of carbonyl (C=O) groups excluding carboxylic acids is 3. The molecule has 27 heavy (non-hydrogen) atoms. The molecule has 1 aromatic heterocycles. The van der Waals surface area contributed by atoms with Crippen molar-refractivity contribution in [3.05, 3.63) is 29.3 Å². The van der Waals surface area contributed by atoms with Gasteiger partial charge in [0.05, 0.1) is 11.0 Å². The molecule has 0 aliphatic carbocycles. The fraction of sp³-hybridized carbons (Fsp3) is 0.312. The fourth-order valence-electron chi connectivity index (χ4n) is 1.96. The van der Waals surface area contributed by atoms with E-state index in [1.807, 2.05) is 26.0 Å². The number of hydrogen-bond donors (Lipinski definition) is 3. The molecule has 2 aromatic rings. The Kier molecular flexibility index (Phi) is 7.63. The number of nitrogens with one attached hydrogen (secondary N) is 2. The third-order valence-corrected chi connectivity index (χ3v) is 6.50. The Hall–Kier alpha value is -2.11. The summed E-state index contributed by atoms with van der Waals surface area (Å²) in [6.07, 6.45) is 0. The Morgan fingerprint density at radius 1 is 1.22 bits per heavy atom. The van der Waals surface area contributed by atoms with Gasteiger partial charge in [0.1, 0.15) is 0 Å². The van der Waals surface area contributed by atoms with Gasteiger partial charge in [-0.3, -0.25) is 14.9 Å². The second kappa shape index (κ2) is 9.72. The van der Waals surface area contributed by atoms with Crippen LogP contribution in [-0.2, 0) is 9.59 Å². The second-order valence-corrected chi connectivity index (χ2v) is 9.40. The number of anilines is 1. The molecule has 11 heteroatoms. The van der Waals surface area contributed by atoms with E-state index in [0.29, 0.717) is 14.4 Å². The monoisotopic (exact) mass is 425 g/mol. The van der Waals surface area contributed by atoms with Crippen LogP contribution in [-0.4, -0.2) is 39.0 Å². The van der Waals surface area contributed by atoms with Crippen molar-refractivity contribution in [2.45, 2.75) is 34.7 Å². The molecule has 1 aromatic carbocycles. The first kappa shape index (κ1) is 21.2. The lowest BCUT2D eigenvalue weighted by atomic mass is 10.1. The summed E-state index contributed by atoms with van der Waals surface area (Å²) in [4.78, 5) is 35.0. The second-order valence-electron chi connectivity index (χ2n) is 5.61. The van der Waals surface area contributed by atoms with Gasteiger partial charge in [0.15, 0.2) is 8.68 Å². The number of primary amides is 1. The topological polar surface area (TPSA) is 127 Å². The largest absolute Gasteiger partial charge is 0.369 e. The molecule has 2 rings (SSSR count). The highest BCUT2D eigenvalue weighted by atomic mass is 32.2. The summed E-state index contributed by atoms with van der Waals surface area (Å²) in [6.45, 7) is 5.51. The van der Waals surface area contributed by atoms with Gasteiger partial charge in [-0.2, -0.15) is 0 Å². The zero-order valence-electron chi connectivity index (χ0n) is 14.9. The molecular weight excluding hydrogens is 406 g/mol. The highest BCUT2D eigenvalue weighted by molar-refractivity contribution is 8.04. The Balaban J connectivity index is 1.85. The number of thioether (sulfide) groups is 2. The van der Waals surface area contributed by atoms with Gasteiger partial charge in [0.2, 0.25) is 11.8 Å². The van der Waals surface area contributed by atoms with Crippen LogP contribution in [0.5, 0.6) is 0 Å². The number of benzene rings is 1. The van der Waals surface area contributed by atoms with Gasteiger partial charge in [-0.25, -0.2) is 4.79 Å². The van der Waals surface area contributed by atoms with E-state index in [0.717, 1.165) is 11.1 Å². The average Bonchev–Trinajstić information content (AvgIpc) is 3.03. The Labute approximate surface area is 169 Å². The molecule has 0 radical (unpaired) electrons. The van der Waals surface area contributed by atoms with Gasteiger partial charge in [0.25, 0.3) is 0 Å². The zero-order chi connectivity index (χ0) is 20.0. The molecule has 4 amide bonds. The van der Waals surface area contributed by atoms with Crippen LogP contribution in [0.3, 0.4) is 0 Å². The number of aromatic nitrogens is 2. The summed E-state index contributed by atoms with van der Waals surface area (Å²) >= 11 is 3.64. The Morgan fingerprint density at radius 3 is 2.59 bits per heavy atom. The molecule has 0 saturated carbocycles. The lowest BCUT2D eigenvalue weighted by Gasteiger charge is -2.12. The third-order valence-electron chi connectivity index (χ3n) is 3.24. The number of hydrogen-bond acceptors (Lipinski definition) is 8. The van der Waals surface area contributed by atoms with E-state index in [4.69, 9.17) is 5.73 Å². The van der Waals surface area contributed by atoms with Crippen LogP contribution in [0.2, 0.25) is 0 Å². The van der Waals surface area contributed by atoms with Crippen molar-refractivity contribution in [3.63, 3.8) is 0 Å². The first-order valence-corrected chi connectivity index (χ1v) is 10.5. The van der Waals surface area contributed by atoms with E-state index < -0.39 is 23.1 Å². The predicted molar refractivity (Wildman–Crippen MR) is 108 cm³/mol. The van der Waals surface area contributed by atoms with Crippen LogP contribution in [0.25, 0.3) is 0 Å². The molecule has 0 saturated heterocycles. The van der Waals surface area contributed by atoms with E-state index in [2.05, 4.69) is 20.8 Å². The van der Waals surface area contributed by atoms with Gasteiger partial charge in [-0.1, -0.05) is 52.6 Å². The minimum atomic E-state index is -0.589. The summed E-state index contributed by atoms with van der Waals surface area (Å²) in [5, 5.41) is 12.3. The number of rotatable bonds is 7. The fourth-order valence-corrected chi connectivity index (χ4v) is 4.86. The number of amides is 4. The Bertz CT molecular complexity index is 856. The number of nitrogens with two attached hydrogens (primary N) is 1. The van der Waals surface area contributed by atoms with Crippen molar-refractivity contribution >= 4 is 58.4 Å². The van der Waals surface area contributed by atoms with Crippen LogP contribution >= 0.6 is 34.9 Å². The molecule has 0 aliphatic heterocycles. The van der Waals surface area contributed by atoms with Crippen LogP contribution < -0.4 is 16.4 Å². The summed E-state index contributed by atoms with van der Waals surface area (Å²) in [5.74, 6) is -0.760. The van der Waals surface area contributed by atoms with E-state index in [1.165, 1.54) is 34.9 Å². The first-order valence-electron chi connectivity index (χ1n) is 7.85. The Morgan fingerprint density at radius 2 is 1.93 bits per heavy atom. The first-order chi connectivity index (χ1) is 12.7. The van der Waals surface area contributed by atoms with Crippen LogP contribution in [0.1, 0.15) is 18.1 Å². The summed E-state index contributed by atoms with van der Waals surface area (Å²) < 4.78 is 1.16. The number of aryl methyl sites for hydroxylation is 2. The van der Waals surface area contributed by atoms with E-state index in [9.17, 15) is 14.4 Å².